The van der Waals surface area contributed by atoms with Gasteiger partial charge in [0.15, 0.2) is 0 Å². The van der Waals surface area contributed by atoms with Gasteiger partial charge in [0.1, 0.15) is 11.7 Å². The van der Waals surface area contributed by atoms with E-state index in [2.05, 4.69) is 15.6 Å². The molecule has 1 aromatic carbocycles. The molecule has 1 aromatic heterocycles. The van der Waals surface area contributed by atoms with Crippen molar-refractivity contribution in [2.75, 3.05) is 23.4 Å². The second-order valence-corrected chi connectivity index (χ2v) is 8.20. The van der Waals surface area contributed by atoms with Gasteiger partial charge in [-0.1, -0.05) is 12.1 Å². The Labute approximate surface area is 182 Å². The molecule has 10 heteroatoms. The molecule has 4 rings (SSSR count). The number of alkyl halides is 3. The molecule has 7 nitrogen and oxygen atoms in total. The molecule has 32 heavy (non-hydrogen) atoms. The molecule has 2 heterocycles. The van der Waals surface area contributed by atoms with Gasteiger partial charge in [-0.15, -0.1) is 0 Å². The number of aliphatic hydroxyl groups is 1. The van der Waals surface area contributed by atoms with E-state index in [1.807, 2.05) is 24.3 Å². The van der Waals surface area contributed by atoms with E-state index in [1.54, 1.807) is 4.90 Å². The lowest BCUT2D eigenvalue weighted by Crippen LogP contribution is -2.53. The van der Waals surface area contributed by atoms with E-state index < -0.39 is 23.9 Å². The number of hydrogen-bond acceptors (Lipinski definition) is 4. The van der Waals surface area contributed by atoms with Crippen LogP contribution in [0.4, 0.5) is 29.3 Å². The molecule has 2 aromatic rings. The van der Waals surface area contributed by atoms with Crippen molar-refractivity contribution in [3.63, 3.8) is 0 Å². The molecule has 3 N–H and O–H groups in total. The summed E-state index contributed by atoms with van der Waals surface area (Å²) in [5, 5.41) is 14.6. The first-order valence-electron chi connectivity index (χ1n) is 10.4. The van der Waals surface area contributed by atoms with Gasteiger partial charge in [0.2, 0.25) is 5.91 Å². The number of anilines is 2. The Morgan fingerprint density at radius 3 is 2.47 bits per heavy atom. The third kappa shape index (κ3) is 4.55. The molecule has 2 fully saturated rings. The Bertz CT molecular complexity index is 989. The third-order valence-corrected chi connectivity index (χ3v) is 6.00. The largest absolute Gasteiger partial charge is 0.433 e. The maximum atomic E-state index is 12.9. The first-order valence-corrected chi connectivity index (χ1v) is 10.4. The van der Waals surface area contributed by atoms with Crippen molar-refractivity contribution < 1.29 is 27.9 Å². The van der Waals surface area contributed by atoms with Crippen LogP contribution in [0, 0.1) is 0 Å². The monoisotopic (exact) mass is 448 g/mol. The van der Waals surface area contributed by atoms with Crippen LogP contribution in [0.2, 0.25) is 0 Å². The summed E-state index contributed by atoms with van der Waals surface area (Å²) in [7, 11) is 0. The van der Waals surface area contributed by atoms with E-state index in [1.165, 1.54) is 0 Å². The van der Waals surface area contributed by atoms with Crippen LogP contribution in [0.1, 0.15) is 36.9 Å². The van der Waals surface area contributed by atoms with Gasteiger partial charge in [0, 0.05) is 17.6 Å². The van der Waals surface area contributed by atoms with Gasteiger partial charge in [-0.2, -0.15) is 13.2 Å². The molecular weight excluding hydrogens is 425 g/mol. The smallest absolute Gasteiger partial charge is 0.395 e. The summed E-state index contributed by atoms with van der Waals surface area (Å²) in [4.78, 5) is 30.1. The predicted molar refractivity (Wildman–Crippen MR) is 111 cm³/mol. The van der Waals surface area contributed by atoms with Crippen molar-refractivity contribution in [1.29, 1.82) is 0 Å². The van der Waals surface area contributed by atoms with Gasteiger partial charge < -0.3 is 20.6 Å². The SMILES string of the molecule is O=C(Nc1ccc(C(F)(F)F)nc1)NC1CCCN(c2ccc(C3(CO)CC3)cc2)C1=O. The van der Waals surface area contributed by atoms with Crippen molar-refractivity contribution in [1.82, 2.24) is 10.3 Å². The molecule has 1 saturated carbocycles. The van der Waals surface area contributed by atoms with Gasteiger partial charge in [-0.25, -0.2) is 9.78 Å². The highest BCUT2D eigenvalue weighted by Gasteiger charge is 2.43. The van der Waals surface area contributed by atoms with E-state index in [9.17, 15) is 27.9 Å². The zero-order chi connectivity index (χ0) is 22.9. The minimum Gasteiger partial charge on any atom is -0.395 e. The first kappa shape index (κ1) is 22.1. The third-order valence-electron chi connectivity index (χ3n) is 6.00. The molecule has 2 aliphatic rings. The summed E-state index contributed by atoms with van der Waals surface area (Å²) >= 11 is 0. The summed E-state index contributed by atoms with van der Waals surface area (Å²) in [6.45, 7) is 0.622. The normalized spacial score (nSPS) is 20.1. The highest BCUT2D eigenvalue weighted by molar-refractivity contribution is 6.01. The molecule has 1 aliphatic carbocycles. The fourth-order valence-electron chi connectivity index (χ4n) is 3.91. The van der Waals surface area contributed by atoms with Crippen molar-refractivity contribution in [3.05, 3.63) is 53.9 Å². The minimum absolute atomic E-state index is 0.0871. The Balaban J connectivity index is 1.37. The Kier molecular flexibility index (Phi) is 5.81. The Hall–Kier alpha value is -3.14. The number of nitrogens with one attached hydrogen (secondary N) is 2. The number of aliphatic hydroxyl groups excluding tert-OH is 1. The molecule has 0 spiro atoms. The number of aromatic nitrogens is 1. The number of carbonyl (C=O) groups excluding carboxylic acids is 2. The van der Waals surface area contributed by atoms with Crippen LogP contribution < -0.4 is 15.5 Å². The maximum Gasteiger partial charge on any atom is 0.433 e. The van der Waals surface area contributed by atoms with Crippen LogP contribution in [0.3, 0.4) is 0 Å². The van der Waals surface area contributed by atoms with E-state index in [-0.39, 0.29) is 23.6 Å². The Morgan fingerprint density at radius 1 is 1.19 bits per heavy atom. The fourth-order valence-corrected chi connectivity index (χ4v) is 3.91. The number of hydrogen-bond donors (Lipinski definition) is 3. The number of piperidine rings is 1. The average Bonchev–Trinajstić information content (AvgIpc) is 3.56. The van der Waals surface area contributed by atoms with Crippen LogP contribution in [-0.2, 0) is 16.4 Å². The Morgan fingerprint density at radius 2 is 1.91 bits per heavy atom. The van der Waals surface area contributed by atoms with Gasteiger partial charge in [0.25, 0.3) is 0 Å². The van der Waals surface area contributed by atoms with Crippen molar-refractivity contribution in [2.45, 2.75) is 43.3 Å². The van der Waals surface area contributed by atoms with E-state index in [4.69, 9.17) is 0 Å². The fraction of sp³-hybridized carbons (Fsp3) is 0.409. The number of benzene rings is 1. The lowest BCUT2D eigenvalue weighted by atomic mass is 9.96. The van der Waals surface area contributed by atoms with Gasteiger partial charge in [0.05, 0.1) is 18.5 Å². The van der Waals surface area contributed by atoms with Gasteiger partial charge in [-0.3, -0.25) is 4.79 Å². The molecule has 1 aliphatic heterocycles. The molecule has 3 amide bonds. The molecule has 0 bridgehead atoms. The van der Waals surface area contributed by atoms with E-state index in [0.717, 1.165) is 36.7 Å². The van der Waals surface area contributed by atoms with Gasteiger partial charge in [-0.05, 0) is 55.5 Å². The zero-order valence-electron chi connectivity index (χ0n) is 17.2. The summed E-state index contributed by atoms with van der Waals surface area (Å²) in [5.74, 6) is -0.256. The molecule has 1 unspecified atom stereocenters. The van der Waals surface area contributed by atoms with E-state index >= 15 is 0 Å². The highest BCUT2D eigenvalue weighted by Crippen LogP contribution is 2.47. The topological polar surface area (TPSA) is 94.6 Å². The quantitative estimate of drug-likeness (QED) is 0.653. The van der Waals surface area contributed by atoms with Crippen LogP contribution in [-0.4, -0.2) is 41.2 Å². The summed E-state index contributed by atoms with van der Waals surface area (Å²) < 4.78 is 37.8. The number of rotatable bonds is 5. The maximum absolute atomic E-state index is 12.9. The first-order chi connectivity index (χ1) is 15.2. The second kappa shape index (κ2) is 8.42. The van der Waals surface area contributed by atoms with Gasteiger partial charge >= 0.3 is 12.2 Å². The second-order valence-electron chi connectivity index (χ2n) is 8.20. The zero-order valence-corrected chi connectivity index (χ0v) is 17.2. The lowest BCUT2D eigenvalue weighted by Gasteiger charge is -2.33. The number of carbonyl (C=O) groups is 2. The average molecular weight is 448 g/mol. The summed E-state index contributed by atoms with van der Waals surface area (Å²) in [6, 6.07) is 7.97. The summed E-state index contributed by atoms with van der Waals surface area (Å²) in [6.07, 6.45) is -0.616. The van der Waals surface area contributed by atoms with Crippen LogP contribution in [0.15, 0.2) is 42.6 Å². The molecular formula is C22H23F3N4O3. The highest BCUT2D eigenvalue weighted by atomic mass is 19.4. The van der Waals surface area contributed by atoms with Crippen molar-refractivity contribution >= 4 is 23.3 Å². The predicted octanol–water partition coefficient (Wildman–Crippen LogP) is 3.44. The lowest BCUT2D eigenvalue weighted by molar-refractivity contribution is -0.141. The number of nitrogens with zero attached hydrogens (tertiary/aromatic N) is 2. The van der Waals surface area contributed by atoms with Crippen molar-refractivity contribution in [2.24, 2.45) is 0 Å². The number of urea groups is 1. The molecule has 170 valence electrons. The number of amides is 3. The van der Waals surface area contributed by atoms with Crippen LogP contribution in [0.5, 0.6) is 0 Å². The minimum atomic E-state index is -4.56. The number of halogens is 3. The standard InChI is InChI=1S/C22H23F3N4O3/c23-22(24,25)18-8-5-15(12-26-18)27-20(32)28-17-2-1-11-29(19(17)31)16-6-3-14(4-7-16)21(13-30)9-10-21/h3-8,12,17,30H,1-2,9-11,13H2,(H2,27,28,32). The van der Waals surface area contributed by atoms with Crippen LogP contribution >= 0.6 is 0 Å². The molecule has 0 radical (unpaired) electrons. The molecule has 1 atom stereocenters. The van der Waals surface area contributed by atoms with Crippen molar-refractivity contribution in [3.8, 4) is 0 Å². The number of pyridine rings is 1. The van der Waals surface area contributed by atoms with E-state index in [0.29, 0.717) is 25.1 Å². The molecule has 1 saturated heterocycles. The summed E-state index contributed by atoms with van der Waals surface area (Å²) in [5.41, 5.74) is 0.641. The van der Waals surface area contributed by atoms with Crippen LogP contribution in [0.25, 0.3) is 0 Å².